The van der Waals surface area contributed by atoms with Crippen LogP contribution in [0.3, 0.4) is 0 Å². The average molecular weight is 452 g/mol. The van der Waals surface area contributed by atoms with Gasteiger partial charge >= 0.3 is 0 Å². The van der Waals surface area contributed by atoms with E-state index in [1.165, 1.54) is 56.6 Å². The van der Waals surface area contributed by atoms with Crippen LogP contribution in [0.2, 0.25) is 5.02 Å². The lowest BCUT2D eigenvalue weighted by molar-refractivity contribution is -0.128. The summed E-state index contributed by atoms with van der Waals surface area (Å²) in [5.74, 6) is 1.14. The summed E-state index contributed by atoms with van der Waals surface area (Å²) in [7, 11) is 1.03. The molecule has 1 aliphatic rings. The van der Waals surface area contributed by atoms with E-state index in [1.54, 1.807) is 18.2 Å². The predicted octanol–water partition coefficient (Wildman–Crippen LogP) is 3.06. The van der Waals surface area contributed by atoms with Crippen molar-refractivity contribution in [2.75, 3.05) is 34.4 Å². The molecule has 0 atom stereocenters. The Labute approximate surface area is 180 Å². The minimum absolute atomic E-state index is 0.142. The number of hydrogen-bond donors (Lipinski definition) is 0. The zero-order valence-electron chi connectivity index (χ0n) is 16.8. The van der Waals surface area contributed by atoms with Gasteiger partial charge in [0.25, 0.3) is 0 Å². The van der Waals surface area contributed by atoms with Gasteiger partial charge < -0.3 is 19.1 Å². The monoisotopic (exact) mass is 451 g/mol. The maximum absolute atomic E-state index is 12.6. The van der Waals surface area contributed by atoms with Crippen LogP contribution in [-0.2, 0) is 14.6 Å². The first kappa shape index (κ1) is 22.0. The van der Waals surface area contributed by atoms with Gasteiger partial charge in [-0.15, -0.1) is 0 Å². The van der Waals surface area contributed by atoms with Gasteiger partial charge in [0.1, 0.15) is 5.25 Å². The molecule has 0 radical (unpaired) electrons. The number of carbonyl (C=O) groups excluding carboxylic acids is 1. The van der Waals surface area contributed by atoms with Crippen molar-refractivity contribution >= 4 is 33.4 Å². The fourth-order valence-electron chi connectivity index (χ4n) is 3.10. The Balaban J connectivity index is 1.67. The van der Waals surface area contributed by atoms with Crippen LogP contribution in [0, 0.1) is 0 Å². The lowest BCUT2D eigenvalue weighted by Crippen LogP contribution is -2.56. The number of carbonyl (C=O) groups is 1. The highest BCUT2D eigenvalue weighted by atomic mass is 35.5. The molecule has 0 N–H and O–H groups in total. The SMILES string of the molecule is COc1cc(/C=C/C(=O)N2CC(S(=O)(=O)c3ccc(Cl)cc3)C2)cc(OC)c1OC. The van der Waals surface area contributed by atoms with E-state index in [0.29, 0.717) is 27.8 Å². The summed E-state index contributed by atoms with van der Waals surface area (Å²) in [5, 5.41) is -0.159. The molecule has 1 heterocycles. The number of ether oxygens (including phenoxy) is 3. The van der Waals surface area contributed by atoms with Gasteiger partial charge in [-0.1, -0.05) is 11.6 Å². The number of nitrogens with zero attached hydrogens (tertiary/aromatic N) is 1. The largest absolute Gasteiger partial charge is 0.493 e. The lowest BCUT2D eigenvalue weighted by Gasteiger charge is -2.38. The molecule has 1 fully saturated rings. The molecule has 0 spiro atoms. The molecule has 1 aliphatic heterocycles. The predicted molar refractivity (Wildman–Crippen MR) is 114 cm³/mol. The summed E-state index contributed by atoms with van der Waals surface area (Å²) in [6.07, 6.45) is 3.01. The highest BCUT2D eigenvalue weighted by Crippen LogP contribution is 2.38. The number of rotatable bonds is 7. The molecule has 30 heavy (non-hydrogen) atoms. The van der Waals surface area contributed by atoms with Crippen molar-refractivity contribution < 1.29 is 27.4 Å². The Bertz CT molecular complexity index is 1030. The van der Waals surface area contributed by atoms with Gasteiger partial charge in [-0.25, -0.2) is 8.42 Å². The molecule has 9 heteroatoms. The average Bonchev–Trinajstić information content (AvgIpc) is 2.70. The summed E-state index contributed by atoms with van der Waals surface area (Å²) in [5.41, 5.74) is 0.684. The van der Waals surface area contributed by atoms with E-state index in [0.717, 1.165) is 0 Å². The van der Waals surface area contributed by atoms with E-state index in [9.17, 15) is 13.2 Å². The van der Waals surface area contributed by atoms with Gasteiger partial charge in [0.05, 0.1) is 26.2 Å². The Morgan fingerprint density at radius 1 is 1.03 bits per heavy atom. The molecule has 1 amide bonds. The number of amides is 1. The zero-order chi connectivity index (χ0) is 21.9. The first-order valence-electron chi connectivity index (χ1n) is 9.06. The van der Waals surface area contributed by atoms with E-state index < -0.39 is 15.1 Å². The van der Waals surface area contributed by atoms with Crippen LogP contribution in [0.5, 0.6) is 17.2 Å². The molecule has 0 aliphatic carbocycles. The van der Waals surface area contributed by atoms with E-state index >= 15 is 0 Å². The van der Waals surface area contributed by atoms with Crippen molar-refractivity contribution in [2.45, 2.75) is 10.1 Å². The van der Waals surface area contributed by atoms with E-state index in [1.807, 2.05) is 0 Å². The fourth-order valence-corrected chi connectivity index (χ4v) is 4.88. The maximum Gasteiger partial charge on any atom is 0.246 e. The second-order valence-electron chi connectivity index (χ2n) is 6.66. The number of hydrogen-bond acceptors (Lipinski definition) is 6. The number of sulfone groups is 1. The summed E-state index contributed by atoms with van der Waals surface area (Å²) in [6, 6.07) is 9.47. The second kappa shape index (κ2) is 8.97. The molecule has 2 aromatic carbocycles. The van der Waals surface area contributed by atoms with Gasteiger partial charge in [-0.2, -0.15) is 0 Å². The fraction of sp³-hybridized carbons (Fsp3) is 0.286. The molecule has 2 aromatic rings. The van der Waals surface area contributed by atoms with Crippen molar-refractivity contribution in [3.8, 4) is 17.2 Å². The number of methoxy groups -OCH3 is 3. The number of halogens is 1. The Kier molecular flexibility index (Phi) is 6.58. The van der Waals surface area contributed by atoms with Gasteiger partial charge in [0, 0.05) is 24.2 Å². The molecule has 7 nitrogen and oxygen atoms in total. The van der Waals surface area contributed by atoms with Crippen molar-refractivity contribution in [2.24, 2.45) is 0 Å². The third-order valence-electron chi connectivity index (χ3n) is 4.85. The third-order valence-corrected chi connectivity index (χ3v) is 7.20. The maximum atomic E-state index is 12.6. The van der Waals surface area contributed by atoms with E-state index in [4.69, 9.17) is 25.8 Å². The normalized spacial score (nSPS) is 14.5. The minimum Gasteiger partial charge on any atom is -0.493 e. The molecule has 3 rings (SSSR count). The lowest BCUT2D eigenvalue weighted by atomic mass is 10.1. The van der Waals surface area contributed by atoms with E-state index in [-0.39, 0.29) is 23.9 Å². The standard InChI is InChI=1S/C21H22ClNO6S/c1-27-18-10-14(11-19(28-2)21(18)29-3)4-9-20(24)23-12-17(13-23)30(25,26)16-7-5-15(22)6-8-16/h4-11,17H,12-13H2,1-3H3/b9-4+. The molecular weight excluding hydrogens is 430 g/mol. The van der Waals surface area contributed by atoms with E-state index in [2.05, 4.69) is 0 Å². The smallest absolute Gasteiger partial charge is 0.246 e. The number of likely N-dealkylation sites (tertiary alicyclic amines) is 1. The molecular formula is C21H22ClNO6S. The zero-order valence-corrected chi connectivity index (χ0v) is 18.4. The Hall–Kier alpha value is -2.71. The summed E-state index contributed by atoms with van der Waals surface area (Å²) in [4.78, 5) is 14.1. The van der Waals surface area contributed by atoms with Crippen molar-refractivity contribution in [1.29, 1.82) is 0 Å². The molecule has 0 saturated carbocycles. The summed E-state index contributed by atoms with van der Waals surface area (Å²) >= 11 is 5.82. The summed E-state index contributed by atoms with van der Waals surface area (Å²) in [6.45, 7) is 0.284. The van der Waals surface area contributed by atoms with Crippen molar-refractivity contribution in [1.82, 2.24) is 4.90 Å². The first-order chi connectivity index (χ1) is 14.3. The van der Waals surface area contributed by atoms with Crippen molar-refractivity contribution in [3.63, 3.8) is 0 Å². The Morgan fingerprint density at radius 2 is 1.60 bits per heavy atom. The van der Waals surface area contributed by atoms with Crippen LogP contribution >= 0.6 is 11.6 Å². The van der Waals surface area contributed by atoms with Crippen LogP contribution in [0.4, 0.5) is 0 Å². The van der Waals surface area contributed by atoms with Crippen LogP contribution in [0.15, 0.2) is 47.4 Å². The Morgan fingerprint density at radius 3 is 2.10 bits per heavy atom. The molecule has 0 aromatic heterocycles. The minimum atomic E-state index is -3.50. The van der Waals surface area contributed by atoms with Gasteiger partial charge in [0.15, 0.2) is 21.3 Å². The van der Waals surface area contributed by atoms with Crippen LogP contribution in [-0.4, -0.2) is 58.9 Å². The topological polar surface area (TPSA) is 82.1 Å². The van der Waals surface area contributed by atoms with Crippen LogP contribution < -0.4 is 14.2 Å². The molecule has 0 bridgehead atoms. The molecule has 1 saturated heterocycles. The van der Waals surface area contributed by atoms with Gasteiger partial charge in [0.2, 0.25) is 11.7 Å². The first-order valence-corrected chi connectivity index (χ1v) is 11.0. The van der Waals surface area contributed by atoms with Crippen LogP contribution in [0.25, 0.3) is 6.08 Å². The number of benzene rings is 2. The van der Waals surface area contributed by atoms with Crippen LogP contribution in [0.1, 0.15) is 5.56 Å². The highest BCUT2D eigenvalue weighted by molar-refractivity contribution is 7.92. The second-order valence-corrected chi connectivity index (χ2v) is 9.32. The van der Waals surface area contributed by atoms with Crippen molar-refractivity contribution in [3.05, 3.63) is 53.1 Å². The quantitative estimate of drug-likeness (QED) is 0.602. The molecule has 160 valence electrons. The third kappa shape index (κ3) is 4.39. The van der Waals surface area contributed by atoms with Gasteiger partial charge in [-0.05, 0) is 48.0 Å². The van der Waals surface area contributed by atoms with Gasteiger partial charge in [-0.3, -0.25) is 4.79 Å². The highest BCUT2D eigenvalue weighted by Gasteiger charge is 2.39. The molecule has 0 unspecified atom stereocenters. The summed E-state index contributed by atoms with van der Waals surface area (Å²) < 4.78 is 41.1.